The number of likely N-dealkylation sites (tertiary alicyclic amines) is 1. The monoisotopic (exact) mass is 408 g/mol. The normalized spacial score (nSPS) is 21.5. The Kier molecular flexibility index (Phi) is 6.04. The van der Waals surface area contributed by atoms with Crippen LogP contribution in [0.3, 0.4) is 0 Å². The van der Waals surface area contributed by atoms with Crippen LogP contribution in [0.15, 0.2) is 48.5 Å². The summed E-state index contributed by atoms with van der Waals surface area (Å²) in [5.74, 6) is 0.409. The van der Waals surface area contributed by atoms with Crippen LogP contribution in [-0.4, -0.2) is 68.1 Å². The predicted molar refractivity (Wildman–Crippen MR) is 114 cm³/mol. The van der Waals surface area contributed by atoms with Crippen molar-refractivity contribution in [3.63, 3.8) is 0 Å². The molecule has 2 aliphatic heterocycles. The minimum Gasteiger partial charge on any atom is -0.496 e. The fraction of sp³-hybridized carbons (Fsp3) is 0.417. The van der Waals surface area contributed by atoms with Crippen LogP contribution in [0.1, 0.15) is 27.4 Å². The number of morpholine rings is 1. The van der Waals surface area contributed by atoms with Crippen LogP contribution < -0.4 is 4.74 Å². The van der Waals surface area contributed by atoms with E-state index in [0.717, 1.165) is 16.9 Å². The van der Waals surface area contributed by atoms with E-state index in [0.29, 0.717) is 45.0 Å². The molecule has 2 aliphatic rings. The van der Waals surface area contributed by atoms with Gasteiger partial charge < -0.3 is 19.3 Å². The summed E-state index contributed by atoms with van der Waals surface area (Å²) in [5.41, 5.74) is 2.74. The van der Waals surface area contributed by atoms with Gasteiger partial charge in [-0.3, -0.25) is 9.59 Å². The fourth-order valence-electron chi connectivity index (χ4n) is 4.40. The quantitative estimate of drug-likeness (QED) is 0.781. The molecule has 2 amide bonds. The molecule has 0 saturated carbocycles. The summed E-state index contributed by atoms with van der Waals surface area (Å²) in [6.45, 7) is 5.21. The lowest BCUT2D eigenvalue weighted by Crippen LogP contribution is -2.45. The Morgan fingerprint density at radius 3 is 2.37 bits per heavy atom. The Morgan fingerprint density at radius 1 is 0.967 bits per heavy atom. The van der Waals surface area contributed by atoms with Gasteiger partial charge in [-0.1, -0.05) is 35.9 Å². The second kappa shape index (κ2) is 8.88. The Hall–Kier alpha value is -2.86. The SMILES string of the molecule is COc1ccccc1[C@H]1CN(C(=O)c2ccc(C)cc2)C[C@@H]1C(=O)N1CCOCC1. The molecule has 2 aromatic carbocycles. The van der Waals surface area contributed by atoms with Gasteiger partial charge in [-0.2, -0.15) is 0 Å². The lowest BCUT2D eigenvalue weighted by molar-refractivity contribution is -0.139. The largest absolute Gasteiger partial charge is 0.496 e. The highest BCUT2D eigenvalue weighted by molar-refractivity contribution is 5.95. The van der Waals surface area contributed by atoms with E-state index < -0.39 is 0 Å². The van der Waals surface area contributed by atoms with Crippen LogP contribution in [0.4, 0.5) is 0 Å². The molecule has 4 rings (SSSR count). The Labute approximate surface area is 177 Å². The molecule has 2 saturated heterocycles. The van der Waals surface area contributed by atoms with Gasteiger partial charge in [0.2, 0.25) is 5.91 Å². The summed E-state index contributed by atoms with van der Waals surface area (Å²) >= 11 is 0. The zero-order valence-corrected chi connectivity index (χ0v) is 17.5. The third-order valence-corrected chi connectivity index (χ3v) is 6.08. The van der Waals surface area contributed by atoms with E-state index in [4.69, 9.17) is 9.47 Å². The first kappa shape index (κ1) is 20.4. The number of hydrogen-bond donors (Lipinski definition) is 0. The van der Waals surface area contributed by atoms with Gasteiger partial charge in [0.25, 0.3) is 5.91 Å². The molecule has 0 aromatic heterocycles. The fourth-order valence-corrected chi connectivity index (χ4v) is 4.40. The van der Waals surface area contributed by atoms with Crippen molar-refractivity contribution in [2.75, 3.05) is 46.5 Å². The molecular weight excluding hydrogens is 380 g/mol. The maximum atomic E-state index is 13.4. The maximum absolute atomic E-state index is 13.4. The van der Waals surface area contributed by atoms with Crippen molar-refractivity contribution in [3.8, 4) is 5.75 Å². The third-order valence-electron chi connectivity index (χ3n) is 6.08. The van der Waals surface area contributed by atoms with Crippen LogP contribution in [0.5, 0.6) is 5.75 Å². The van der Waals surface area contributed by atoms with E-state index >= 15 is 0 Å². The number of aryl methyl sites for hydroxylation is 1. The minimum atomic E-state index is -0.297. The highest BCUT2D eigenvalue weighted by Gasteiger charge is 2.43. The van der Waals surface area contributed by atoms with E-state index in [9.17, 15) is 9.59 Å². The second-order valence-electron chi connectivity index (χ2n) is 7.97. The van der Waals surface area contributed by atoms with Crippen molar-refractivity contribution in [1.82, 2.24) is 9.80 Å². The molecular formula is C24H28N2O4. The first-order valence-electron chi connectivity index (χ1n) is 10.4. The maximum Gasteiger partial charge on any atom is 0.253 e. The number of ether oxygens (including phenoxy) is 2. The summed E-state index contributed by atoms with van der Waals surface area (Å²) < 4.78 is 11.0. The van der Waals surface area contributed by atoms with Crippen LogP contribution >= 0.6 is 0 Å². The lowest BCUT2D eigenvalue weighted by Gasteiger charge is -2.31. The number of benzene rings is 2. The summed E-state index contributed by atoms with van der Waals surface area (Å²) in [6, 6.07) is 15.4. The van der Waals surface area contributed by atoms with Crippen LogP contribution in [0.2, 0.25) is 0 Å². The number of hydrogen-bond acceptors (Lipinski definition) is 4. The first-order chi connectivity index (χ1) is 14.6. The summed E-state index contributed by atoms with van der Waals surface area (Å²) in [5, 5.41) is 0. The molecule has 6 heteroatoms. The Morgan fingerprint density at radius 2 is 1.67 bits per heavy atom. The molecule has 0 unspecified atom stereocenters. The minimum absolute atomic E-state index is 0.0350. The van der Waals surface area contributed by atoms with E-state index in [1.54, 1.807) is 7.11 Å². The van der Waals surface area contributed by atoms with Gasteiger partial charge in [0.05, 0.1) is 26.2 Å². The molecule has 2 heterocycles. The van der Waals surface area contributed by atoms with E-state index in [-0.39, 0.29) is 23.7 Å². The van der Waals surface area contributed by atoms with Gasteiger partial charge in [0.15, 0.2) is 0 Å². The van der Waals surface area contributed by atoms with E-state index in [1.165, 1.54) is 0 Å². The van der Waals surface area contributed by atoms with Gasteiger partial charge in [0, 0.05) is 37.7 Å². The van der Waals surface area contributed by atoms with E-state index in [2.05, 4.69) is 0 Å². The standard InChI is InChI=1S/C24H28N2O4/c1-17-7-9-18(10-8-17)23(27)26-15-20(19-5-3-4-6-22(19)29-2)21(16-26)24(28)25-11-13-30-14-12-25/h3-10,20-21H,11-16H2,1-2H3/t20-,21+/m1/s1. The number of para-hydroxylation sites is 1. The first-order valence-corrected chi connectivity index (χ1v) is 10.4. The number of carbonyl (C=O) groups is 2. The van der Waals surface area contributed by atoms with Crippen molar-refractivity contribution in [1.29, 1.82) is 0 Å². The molecule has 0 radical (unpaired) electrons. The summed E-state index contributed by atoms with van der Waals surface area (Å²) in [6.07, 6.45) is 0. The number of nitrogens with zero attached hydrogens (tertiary/aromatic N) is 2. The molecule has 0 bridgehead atoms. The van der Waals surface area contributed by atoms with E-state index in [1.807, 2.05) is 65.3 Å². The lowest BCUT2D eigenvalue weighted by atomic mass is 9.87. The van der Waals surface area contributed by atoms with Crippen LogP contribution in [0, 0.1) is 12.8 Å². The van der Waals surface area contributed by atoms with Crippen molar-refractivity contribution in [3.05, 3.63) is 65.2 Å². The Balaban J connectivity index is 1.63. The second-order valence-corrected chi connectivity index (χ2v) is 7.97. The highest BCUT2D eigenvalue weighted by Crippen LogP contribution is 2.39. The third kappa shape index (κ3) is 4.05. The van der Waals surface area contributed by atoms with Crippen molar-refractivity contribution in [2.24, 2.45) is 5.92 Å². The predicted octanol–water partition coefficient (Wildman–Crippen LogP) is 2.72. The highest BCUT2D eigenvalue weighted by atomic mass is 16.5. The van der Waals surface area contributed by atoms with Crippen molar-refractivity contribution < 1.29 is 19.1 Å². The molecule has 0 spiro atoms. The molecule has 0 N–H and O–H groups in total. The van der Waals surface area contributed by atoms with Gasteiger partial charge in [-0.25, -0.2) is 0 Å². The average Bonchev–Trinajstić information content (AvgIpc) is 3.24. The molecule has 2 aromatic rings. The number of methoxy groups -OCH3 is 1. The van der Waals surface area contributed by atoms with Crippen LogP contribution in [0.25, 0.3) is 0 Å². The molecule has 0 aliphatic carbocycles. The molecule has 158 valence electrons. The molecule has 2 fully saturated rings. The number of carbonyl (C=O) groups excluding carboxylic acids is 2. The van der Waals surface area contributed by atoms with Crippen molar-refractivity contribution >= 4 is 11.8 Å². The molecule has 30 heavy (non-hydrogen) atoms. The van der Waals surface area contributed by atoms with Crippen molar-refractivity contribution in [2.45, 2.75) is 12.8 Å². The molecule has 6 nitrogen and oxygen atoms in total. The van der Waals surface area contributed by atoms with Crippen LogP contribution in [-0.2, 0) is 9.53 Å². The Bertz CT molecular complexity index is 906. The van der Waals surface area contributed by atoms with Gasteiger partial charge in [-0.15, -0.1) is 0 Å². The zero-order chi connectivity index (χ0) is 21.1. The van der Waals surface area contributed by atoms with Gasteiger partial charge in [-0.05, 0) is 30.7 Å². The smallest absolute Gasteiger partial charge is 0.253 e. The number of amides is 2. The summed E-state index contributed by atoms with van der Waals surface area (Å²) in [4.78, 5) is 30.3. The average molecular weight is 408 g/mol. The summed E-state index contributed by atoms with van der Waals surface area (Å²) in [7, 11) is 1.64. The number of rotatable bonds is 4. The van der Waals surface area contributed by atoms with Gasteiger partial charge in [0.1, 0.15) is 5.75 Å². The molecule has 2 atom stereocenters. The zero-order valence-electron chi connectivity index (χ0n) is 17.5. The van der Waals surface area contributed by atoms with Gasteiger partial charge >= 0.3 is 0 Å². The topological polar surface area (TPSA) is 59.1 Å².